The van der Waals surface area contributed by atoms with Crippen LogP contribution in [-0.4, -0.2) is 9.55 Å². The molecule has 12 aromatic rings. The largest absolute Gasteiger partial charge is 0.297 e. The van der Waals surface area contributed by atoms with E-state index in [0.717, 1.165) is 22.5 Å². The van der Waals surface area contributed by atoms with Crippen molar-refractivity contribution in [1.29, 1.82) is 0 Å². The first-order valence-corrected chi connectivity index (χ1v) is 19.4. The van der Waals surface area contributed by atoms with Crippen molar-refractivity contribution in [3.05, 3.63) is 194 Å². The van der Waals surface area contributed by atoms with E-state index in [2.05, 4.69) is 193 Å². The quantitative estimate of drug-likeness (QED) is 0.166. The van der Waals surface area contributed by atoms with Crippen LogP contribution in [-0.2, 0) is 0 Å². The standard InChI is InChI=1S/C54H34N2/c1-33-55-49-32-41(28-29-50(49)56(33)44-11-3-2-4-12-44)36-20-16-34(17-21-36)35-18-22-37(23-19-35)43-30-42-27-26-40-9-6-14-46-45-13-5-8-38-24-25-39-10-7-15-47(53(39)51(38)45)48(31-43)54(42)52(40)46/h2-32H,1H3. The van der Waals surface area contributed by atoms with E-state index in [1.54, 1.807) is 0 Å². The van der Waals surface area contributed by atoms with Crippen LogP contribution in [0.2, 0.25) is 0 Å². The lowest BCUT2D eigenvalue weighted by Gasteiger charge is -2.17. The Morgan fingerprint density at radius 3 is 1.38 bits per heavy atom. The Balaban J connectivity index is 0.953. The molecule has 0 saturated carbocycles. The third kappa shape index (κ3) is 4.60. The molecule has 1 heterocycles. The first kappa shape index (κ1) is 31.1. The number of imidazole rings is 1. The van der Waals surface area contributed by atoms with Crippen molar-refractivity contribution < 1.29 is 0 Å². The molecule has 0 atom stereocenters. The zero-order valence-electron chi connectivity index (χ0n) is 30.8. The predicted molar refractivity (Wildman–Crippen MR) is 238 cm³/mol. The highest BCUT2D eigenvalue weighted by Gasteiger charge is 2.17. The molecule has 12 rings (SSSR count). The monoisotopic (exact) mass is 710 g/mol. The van der Waals surface area contributed by atoms with Gasteiger partial charge in [-0.25, -0.2) is 4.98 Å². The molecule has 0 aliphatic carbocycles. The fourth-order valence-corrected chi connectivity index (χ4v) is 9.44. The first-order valence-electron chi connectivity index (χ1n) is 19.4. The minimum atomic E-state index is 0.986. The van der Waals surface area contributed by atoms with Gasteiger partial charge in [0.1, 0.15) is 5.82 Å². The molecule has 0 bridgehead atoms. The van der Waals surface area contributed by atoms with E-state index >= 15 is 0 Å². The maximum Gasteiger partial charge on any atom is 0.111 e. The molecular formula is C54H34N2. The molecule has 0 saturated heterocycles. The number of rotatable bonds is 4. The summed E-state index contributed by atoms with van der Waals surface area (Å²) in [7, 11) is 0. The SMILES string of the molecule is Cc1nc2cc(-c3ccc(-c4ccc(-c5cc6ccc7cccc8c9cccc%10ccc%11cccc(c(c5)c6c78)c%11c%109)cc4)cc3)ccc2n1-c1ccccc1. The highest BCUT2D eigenvalue weighted by Crippen LogP contribution is 2.44. The van der Waals surface area contributed by atoms with Gasteiger partial charge in [-0.2, -0.15) is 0 Å². The number of nitrogens with zero attached hydrogens (tertiary/aromatic N) is 2. The summed E-state index contributed by atoms with van der Waals surface area (Å²) in [6.07, 6.45) is 0. The predicted octanol–water partition coefficient (Wildman–Crippen LogP) is 14.7. The molecule has 2 heteroatoms. The molecule has 0 spiro atoms. The van der Waals surface area contributed by atoms with Crippen LogP contribution in [0, 0.1) is 6.92 Å². The van der Waals surface area contributed by atoms with E-state index < -0.39 is 0 Å². The van der Waals surface area contributed by atoms with E-state index in [4.69, 9.17) is 4.98 Å². The smallest absolute Gasteiger partial charge is 0.111 e. The second kappa shape index (κ2) is 11.9. The fourth-order valence-electron chi connectivity index (χ4n) is 9.44. The molecule has 260 valence electrons. The Labute approximate surface area is 323 Å². The van der Waals surface area contributed by atoms with E-state index in [-0.39, 0.29) is 0 Å². The lowest BCUT2D eigenvalue weighted by molar-refractivity contribution is 1.00. The number of benzene rings is 10. The minimum Gasteiger partial charge on any atom is -0.297 e. The maximum absolute atomic E-state index is 4.92. The van der Waals surface area contributed by atoms with Crippen molar-refractivity contribution in [2.24, 2.45) is 0 Å². The zero-order chi connectivity index (χ0) is 36.9. The Morgan fingerprint density at radius 1 is 0.339 bits per heavy atom. The van der Waals surface area contributed by atoms with Crippen LogP contribution in [0.15, 0.2) is 188 Å². The first-order chi connectivity index (χ1) is 27.7. The van der Waals surface area contributed by atoms with Crippen LogP contribution in [0.5, 0.6) is 0 Å². The Kier molecular flexibility index (Phi) is 6.58. The van der Waals surface area contributed by atoms with Gasteiger partial charge in [-0.05, 0) is 141 Å². The number of aromatic nitrogens is 2. The second-order valence-corrected chi connectivity index (χ2v) is 15.2. The summed E-state index contributed by atoms with van der Waals surface area (Å²) >= 11 is 0. The number of hydrogen-bond donors (Lipinski definition) is 0. The van der Waals surface area contributed by atoms with Gasteiger partial charge in [0.2, 0.25) is 0 Å². The zero-order valence-corrected chi connectivity index (χ0v) is 30.8. The number of aryl methyl sites for hydroxylation is 1. The molecule has 1 aromatic heterocycles. The Morgan fingerprint density at radius 2 is 0.804 bits per heavy atom. The average Bonchev–Trinajstić information content (AvgIpc) is 3.60. The van der Waals surface area contributed by atoms with Crippen LogP contribution in [0.4, 0.5) is 0 Å². The number of hydrogen-bond acceptors (Lipinski definition) is 1. The highest BCUT2D eigenvalue weighted by molar-refractivity contribution is 6.37. The molecule has 0 amide bonds. The summed E-state index contributed by atoms with van der Waals surface area (Å²) in [5, 5.41) is 15.6. The van der Waals surface area contributed by atoms with Gasteiger partial charge in [0.05, 0.1) is 11.0 Å². The molecular weight excluding hydrogens is 677 g/mol. The lowest BCUT2D eigenvalue weighted by atomic mass is 9.86. The van der Waals surface area contributed by atoms with Crippen LogP contribution >= 0.6 is 0 Å². The topological polar surface area (TPSA) is 17.8 Å². The normalized spacial score (nSPS) is 12.0. The van der Waals surface area contributed by atoms with Crippen molar-refractivity contribution in [3.8, 4) is 39.1 Å². The number of para-hydroxylation sites is 1. The van der Waals surface area contributed by atoms with E-state index in [1.165, 1.54) is 98.0 Å². The fraction of sp³-hybridized carbons (Fsp3) is 0.0185. The summed E-state index contributed by atoms with van der Waals surface area (Å²) in [5.74, 6) is 0.986. The maximum atomic E-state index is 4.92. The summed E-state index contributed by atoms with van der Waals surface area (Å²) < 4.78 is 2.22. The lowest BCUT2D eigenvalue weighted by Crippen LogP contribution is -1.95. The molecule has 0 aliphatic heterocycles. The van der Waals surface area contributed by atoms with Crippen molar-refractivity contribution in [3.63, 3.8) is 0 Å². The van der Waals surface area contributed by atoms with Gasteiger partial charge >= 0.3 is 0 Å². The van der Waals surface area contributed by atoms with Gasteiger partial charge in [0.15, 0.2) is 0 Å². The average molecular weight is 711 g/mol. The van der Waals surface area contributed by atoms with Crippen LogP contribution in [0.1, 0.15) is 5.82 Å². The summed E-state index contributed by atoms with van der Waals surface area (Å²) in [6.45, 7) is 2.07. The van der Waals surface area contributed by atoms with Gasteiger partial charge in [-0.1, -0.05) is 152 Å². The Hall–Kier alpha value is -7.29. The molecule has 0 aliphatic rings. The van der Waals surface area contributed by atoms with Gasteiger partial charge in [-0.3, -0.25) is 4.57 Å². The summed E-state index contributed by atoms with van der Waals surface area (Å²) in [5.41, 5.74) is 10.4. The van der Waals surface area contributed by atoms with Crippen molar-refractivity contribution in [1.82, 2.24) is 9.55 Å². The van der Waals surface area contributed by atoms with Crippen molar-refractivity contribution >= 4 is 75.7 Å². The Bertz CT molecular complexity index is 3500. The molecule has 0 N–H and O–H groups in total. The minimum absolute atomic E-state index is 0.986. The number of fused-ring (bicyclic) bond motifs is 3. The van der Waals surface area contributed by atoms with E-state index in [1.807, 2.05) is 6.07 Å². The van der Waals surface area contributed by atoms with Crippen LogP contribution in [0.3, 0.4) is 0 Å². The molecule has 0 fully saturated rings. The summed E-state index contributed by atoms with van der Waals surface area (Å²) in [6, 6.07) is 69.4. The highest BCUT2D eigenvalue weighted by atomic mass is 15.1. The van der Waals surface area contributed by atoms with Crippen LogP contribution in [0.25, 0.3) is 115 Å². The third-order valence-electron chi connectivity index (χ3n) is 12.0. The van der Waals surface area contributed by atoms with Gasteiger partial charge in [0, 0.05) is 5.69 Å². The summed E-state index contributed by atoms with van der Waals surface area (Å²) in [4.78, 5) is 4.92. The molecule has 0 unspecified atom stereocenters. The van der Waals surface area contributed by atoms with Crippen LogP contribution < -0.4 is 0 Å². The molecule has 2 nitrogen and oxygen atoms in total. The van der Waals surface area contributed by atoms with E-state index in [9.17, 15) is 0 Å². The van der Waals surface area contributed by atoms with Gasteiger partial charge in [0.25, 0.3) is 0 Å². The van der Waals surface area contributed by atoms with Crippen molar-refractivity contribution in [2.75, 3.05) is 0 Å². The van der Waals surface area contributed by atoms with Gasteiger partial charge < -0.3 is 0 Å². The van der Waals surface area contributed by atoms with Gasteiger partial charge in [-0.15, -0.1) is 0 Å². The van der Waals surface area contributed by atoms with Crippen molar-refractivity contribution in [2.45, 2.75) is 6.92 Å². The van der Waals surface area contributed by atoms with E-state index in [0.29, 0.717) is 0 Å². The molecule has 0 radical (unpaired) electrons. The molecule has 11 aromatic carbocycles. The second-order valence-electron chi connectivity index (χ2n) is 15.2. The molecule has 56 heavy (non-hydrogen) atoms. The third-order valence-corrected chi connectivity index (χ3v) is 12.0.